The van der Waals surface area contributed by atoms with Crippen molar-refractivity contribution in [3.63, 3.8) is 0 Å². The second-order valence-corrected chi connectivity index (χ2v) is 8.41. The fourth-order valence-corrected chi connectivity index (χ4v) is 4.67. The first-order valence-corrected chi connectivity index (χ1v) is 10.7. The van der Waals surface area contributed by atoms with Gasteiger partial charge < -0.3 is 14.8 Å². The minimum Gasteiger partial charge on any atom is -0.332 e. The van der Waals surface area contributed by atoms with Crippen molar-refractivity contribution in [3.8, 4) is 0 Å². The topological polar surface area (TPSA) is 99.3 Å². The molecule has 4 heterocycles. The summed E-state index contributed by atoms with van der Waals surface area (Å²) in [6.07, 6.45) is 8.43. The van der Waals surface area contributed by atoms with Gasteiger partial charge in [0.15, 0.2) is 0 Å². The van der Waals surface area contributed by atoms with Crippen LogP contribution >= 0.6 is 0 Å². The van der Waals surface area contributed by atoms with Gasteiger partial charge in [0.05, 0.1) is 18.3 Å². The number of pyridine rings is 1. The van der Waals surface area contributed by atoms with Crippen LogP contribution in [0.4, 0.5) is 0 Å². The van der Waals surface area contributed by atoms with Crippen molar-refractivity contribution in [2.45, 2.75) is 51.1 Å². The number of aromatic amines is 1. The molecule has 0 aromatic carbocycles. The summed E-state index contributed by atoms with van der Waals surface area (Å²) in [4.78, 5) is 53.7. The van der Waals surface area contributed by atoms with Crippen molar-refractivity contribution < 1.29 is 9.59 Å². The van der Waals surface area contributed by atoms with Gasteiger partial charge in [0.25, 0.3) is 11.5 Å². The second kappa shape index (κ2) is 7.66. The number of aromatic nitrogens is 3. The molecule has 1 saturated heterocycles. The normalized spacial score (nSPS) is 21.3. The first-order valence-electron chi connectivity index (χ1n) is 10.7. The van der Waals surface area contributed by atoms with E-state index in [2.05, 4.69) is 9.97 Å². The molecule has 8 nitrogen and oxygen atoms in total. The number of nitrogens with one attached hydrogen (secondary N) is 1. The summed E-state index contributed by atoms with van der Waals surface area (Å²) in [7, 11) is 0. The molecule has 2 aromatic rings. The Morgan fingerprint density at radius 2 is 1.87 bits per heavy atom. The van der Waals surface area contributed by atoms with E-state index in [0.717, 1.165) is 32.1 Å². The van der Waals surface area contributed by atoms with Crippen molar-refractivity contribution in [1.29, 1.82) is 0 Å². The highest BCUT2D eigenvalue weighted by Gasteiger charge is 2.38. The van der Waals surface area contributed by atoms with Gasteiger partial charge in [-0.25, -0.2) is 4.98 Å². The van der Waals surface area contributed by atoms with Crippen LogP contribution in [-0.4, -0.2) is 49.7 Å². The van der Waals surface area contributed by atoms with Crippen LogP contribution in [0.1, 0.15) is 65.6 Å². The molecule has 2 aliphatic heterocycles. The maximum absolute atomic E-state index is 12.8. The number of carbonyl (C=O) groups excluding carboxylic acids is 2. The van der Waals surface area contributed by atoms with E-state index in [-0.39, 0.29) is 29.3 Å². The van der Waals surface area contributed by atoms with Gasteiger partial charge in [-0.15, -0.1) is 0 Å². The molecule has 0 bridgehead atoms. The summed E-state index contributed by atoms with van der Waals surface area (Å²) in [6.45, 7) is 1.50. The lowest BCUT2D eigenvalue weighted by molar-refractivity contribution is -0.139. The van der Waals surface area contributed by atoms with E-state index in [1.165, 1.54) is 0 Å². The van der Waals surface area contributed by atoms with Crippen molar-refractivity contribution in [2.24, 2.45) is 5.92 Å². The molecule has 2 aromatic heterocycles. The first-order chi connectivity index (χ1) is 14.6. The van der Waals surface area contributed by atoms with Gasteiger partial charge in [-0.3, -0.25) is 19.4 Å². The Kier molecular flexibility index (Phi) is 4.84. The molecule has 3 aliphatic rings. The molecule has 0 radical (unpaired) electrons. The van der Waals surface area contributed by atoms with Gasteiger partial charge in [0.2, 0.25) is 5.91 Å². The van der Waals surface area contributed by atoms with Crippen LogP contribution in [-0.2, 0) is 17.8 Å². The highest BCUT2D eigenvalue weighted by atomic mass is 16.2. The third-order valence-corrected chi connectivity index (χ3v) is 6.61. The number of likely N-dealkylation sites (tertiary alicyclic amines) is 1. The molecule has 1 saturated carbocycles. The zero-order valence-corrected chi connectivity index (χ0v) is 16.8. The molecule has 1 N–H and O–H groups in total. The van der Waals surface area contributed by atoms with Crippen molar-refractivity contribution in [2.75, 3.05) is 13.1 Å². The Balaban J connectivity index is 1.40. The summed E-state index contributed by atoms with van der Waals surface area (Å²) in [5.41, 5.74) is 1.72. The molecule has 8 heteroatoms. The minimum atomic E-state index is -0.178. The van der Waals surface area contributed by atoms with E-state index in [1.54, 1.807) is 29.4 Å². The molecule has 1 atom stereocenters. The number of amides is 2. The molecule has 2 fully saturated rings. The number of hydrogen-bond donors (Lipinski definition) is 1. The second-order valence-electron chi connectivity index (χ2n) is 8.41. The molecular weight excluding hydrogens is 382 g/mol. The third kappa shape index (κ3) is 3.30. The minimum absolute atomic E-state index is 0.0886. The molecule has 156 valence electrons. The molecule has 5 rings (SSSR count). The summed E-state index contributed by atoms with van der Waals surface area (Å²) >= 11 is 0. The highest BCUT2D eigenvalue weighted by molar-refractivity contribution is 5.94. The monoisotopic (exact) mass is 407 g/mol. The number of fused-ring (bicyclic) bond motifs is 1. The Hall–Kier alpha value is -3.03. The standard InChI is InChI=1S/C22H25N5O3/c28-20-16-8-12-26(21(29)15-6-9-23-10-7-15)13-17(16)24-19(25-20)18-5-2-11-27(18)22(30)14-3-1-4-14/h6-7,9-10,14,18H,1-5,8,11-13H2,(H,24,25,28)/t18-/m1/s1. The summed E-state index contributed by atoms with van der Waals surface area (Å²) in [5.74, 6) is 0.790. The Bertz CT molecular complexity index is 1030. The number of carbonyl (C=O) groups is 2. The van der Waals surface area contributed by atoms with Crippen molar-refractivity contribution >= 4 is 11.8 Å². The smallest absolute Gasteiger partial charge is 0.254 e. The predicted octanol–water partition coefficient (Wildman–Crippen LogP) is 1.83. The SMILES string of the molecule is O=C(c1ccncc1)N1CCc2c(nc([C@H]3CCCN3C(=O)C3CCC3)[nH]c2=O)C1. The zero-order chi connectivity index (χ0) is 20.7. The number of nitrogens with zero attached hydrogens (tertiary/aromatic N) is 4. The summed E-state index contributed by atoms with van der Waals surface area (Å²) in [6, 6.07) is 3.20. The number of hydrogen-bond acceptors (Lipinski definition) is 5. The molecule has 2 amide bonds. The maximum atomic E-state index is 12.8. The van der Waals surface area contributed by atoms with Gasteiger partial charge >= 0.3 is 0 Å². The fourth-order valence-electron chi connectivity index (χ4n) is 4.67. The lowest BCUT2D eigenvalue weighted by Gasteiger charge is -2.33. The third-order valence-electron chi connectivity index (χ3n) is 6.61. The molecule has 0 unspecified atom stereocenters. The predicted molar refractivity (Wildman–Crippen MR) is 109 cm³/mol. The van der Waals surface area contributed by atoms with E-state index in [0.29, 0.717) is 48.7 Å². The van der Waals surface area contributed by atoms with E-state index in [1.807, 2.05) is 4.90 Å². The lowest BCUT2D eigenvalue weighted by Crippen LogP contribution is -2.41. The van der Waals surface area contributed by atoms with Crippen molar-refractivity contribution in [3.05, 3.63) is 57.5 Å². The maximum Gasteiger partial charge on any atom is 0.254 e. The van der Waals surface area contributed by atoms with E-state index in [4.69, 9.17) is 4.98 Å². The van der Waals surface area contributed by atoms with Crippen molar-refractivity contribution in [1.82, 2.24) is 24.8 Å². The molecule has 1 aliphatic carbocycles. The molecule has 30 heavy (non-hydrogen) atoms. The summed E-state index contributed by atoms with van der Waals surface area (Å²) in [5, 5.41) is 0. The zero-order valence-electron chi connectivity index (χ0n) is 16.8. The molecule has 0 spiro atoms. The lowest BCUT2D eigenvalue weighted by atomic mass is 9.84. The van der Waals surface area contributed by atoms with Crippen LogP contribution in [0.3, 0.4) is 0 Å². The van der Waals surface area contributed by atoms with Crippen LogP contribution in [0.5, 0.6) is 0 Å². The van der Waals surface area contributed by atoms with Crippen LogP contribution in [0, 0.1) is 5.92 Å². The Morgan fingerprint density at radius 1 is 1.07 bits per heavy atom. The summed E-state index contributed by atoms with van der Waals surface area (Å²) < 4.78 is 0. The largest absolute Gasteiger partial charge is 0.332 e. The van der Waals surface area contributed by atoms with E-state index in [9.17, 15) is 14.4 Å². The van der Waals surface area contributed by atoms with Crippen LogP contribution in [0.25, 0.3) is 0 Å². The van der Waals surface area contributed by atoms with Crippen LogP contribution in [0.15, 0.2) is 29.3 Å². The van der Waals surface area contributed by atoms with Gasteiger partial charge in [-0.05, 0) is 44.2 Å². The van der Waals surface area contributed by atoms with Gasteiger partial charge in [0.1, 0.15) is 5.82 Å². The van der Waals surface area contributed by atoms with E-state index < -0.39 is 0 Å². The first kappa shape index (κ1) is 19.0. The highest BCUT2D eigenvalue weighted by Crippen LogP contribution is 2.36. The van der Waals surface area contributed by atoms with Crippen LogP contribution in [0.2, 0.25) is 0 Å². The molecular formula is C22H25N5O3. The Labute approximate surface area is 174 Å². The average Bonchev–Trinajstić information content (AvgIpc) is 3.22. The number of H-pyrrole nitrogens is 1. The van der Waals surface area contributed by atoms with Gasteiger partial charge in [-0.2, -0.15) is 0 Å². The van der Waals surface area contributed by atoms with Gasteiger partial charge in [0, 0.05) is 42.5 Å². The average molecular weight is 407 g/mol. The fraction of sp³-hybridized carbons (Fsp3) is 0.500. The van der Waals surface area contributed by atoms with Crippen LogP contribution < -0.4 is 5.56 Å². The number of rotatable bonds is 3. The quantitative estimate of drug-likeness (QED) is 0.837. The Morgan fingerprint density at radius 3 is 2.60 bits per heavy atom. The van der Waals surface area contributed by atoms with Gasteiger partial charge in [-0.1, -0.05) is 6.42 Å². The van der Waals surface area contributed by atoms with E-state index >= 15 is 0 Å².